The van der Waals surface area contributed by atoms with Crippen LogP contribution in [-0.4, -0.2) is 23.2 Å². The Bertz CT molecular complexity index is 387. The van der Waals surface area contributed by atoms with E-state index < -0.39 is 5.92 Å². The van der Waals surface area contributed by atoms with E-state index >= 15 is 0 Å². The zero-order valence-electron chi connectivity index (χ0n) is 8.62. The van der Waals surface area contributed by atoms with Gasteiger partial charge in [0.05, 0.1) is 0 Å². The van der Waals surface area contributed by atoms with Gasteiger partial charge in [0.2, 0.25) is 0 Å². The second-order valence-corrected chi connectivity index (χ2v) is 3.99. The quantitative estimate of drug-likeness (QED) is 0.799. The van der Waals surface area contributed by atoms with E-state index in [0.29, 0.717) is 11.5 Å². The number of carbonyl (C=O) groups is 1. The number of halogens is 2. The monoisotopic (exact) mass is 226 g/mol. The molecule has 1 aliphatic rings. The van der Waals surface area contributed by atoms with E-state index in [-0.39, 0.29) is 25.3 Å². The van der Waals surface area contributed by atoms with Crippen molar-refractivity contribution in [3.05, 3.63) is 23.9 Å². The van der Waals surface area contributed by atoms with Crippen molar-refractivity contribution in [2.45, 2.75) is 31.2 Å². The van der Waals surface area contributed by atoms with E-state index in [1.165, 1.54) is 0 Å². The van der Waals surface area contributed by atoms with Gasteiger partial charge in [0.25, 0.3) is 5.92 Å². The minimum atomic E-state index is -2.53. The zero-order chi connectivity index (χ0) is 11.6. The van der Waals surface area contributed by atoms with Crippen LogP contribution in [-0.2, 0) is 11.2 Å². The third-order valence-electron chi connectivity index (χ3n) is 2.54. The number of anilines is 1. The van der Waals surface area contributed by atoms with Crippen LogP contribution in [0, 0.1) is 0 Å². The van der Waals surface area contributed by atoms with Crippen molar-refractivity contribution in [2.75, 3.05) is 5.32 Å². The summed E-state index contributed by atoms with van der Waals surface area (Å²) in [6.07, 6.45) is 0.721. The molecule has 0 saturated heterocycles. The van der Waals surface area contributed by atoms with Gasteiger partial charge in [-0.05, 0) is 12.1 Å². The van der Waals surface area contributed by atoms with Crippen molar-refractivity contribution in [1.82, 2.24) is 4.98 Å². The fourth-order valence-corrected chi connectivity index (χ4v) is 1.73. The van der Waals surface area contributed by atoms with Crippen LogP contribution >= 0.6 is 0 Å². The zero-order valence-corrected chi connectivity index (χ0v) is 8.62. The minimum Gasteiger partial charge on any atom is -0.367 e. The van der Waals surface area contributed by atoms with E-state index in [0.717, 1.165) is 6.29 Å². The lowest BCUT2D eigenvalue weighted by atomic mass is 9.88. The molecule has 1 aliphatic carbocycles. The molecule has 0 unspecified atom stereocenters. The highest BCUT2D eigenvalue weighted by atomic mass is 19.3. The van der Waals surface area contributed by atoms with Gasteiger partial charge in [0, 0.05) is 31.0 Å². The van der Waals surface area contributed by atoms with Crippen molar-refractivity contribution in [1.29, 1.82) is 0 Å². The maximum absolute atomic E-state index is 12.6. The molecule has 0 bridgehead atoms. The predicted molar refractivity (Wildman–Crippen MR) is 55.6 cm³/mol. The Hall–Kier alpha value is -1.52. The fourth-order valence-electron chi connectivity index (χ4n) is 1.73. The second-order valence-electron chi connectivity index (χ2n) is 3.99. The summed E-state index contributed by atoms with van der Waals surface area (Å²) in [7, 11) is 0. The average Bonchev–Trinajstić information content (AvgIpc) is 2.16. The van der Waals surface area contributed by atoms with Crippen LogP contribution in [0.5, 0.6) is 0 Å². The van der Waals surface area contributed by atoms with Crippen molar-refractivity contribution in [3.8, 4) is 0 Å². The molecule has 86 valence electrons. The molecule has 1 N–H and O–H groups in total. The number of carbonyl (C=O) groups excluding carboxylic acids is 1. The van der Waals surface area contributed by atoms with Crippen molar-refractivity contribution in [2.24, 2.45) is 0 Å². The topological polar surface area (TPSA) is 42.0 Å². The molecule has 1 fully saturated rings. The molecule has 0 atom stereocenters. The Morgan fingerprint density at radius 2 is 2.25 bits per heavy atom. The third-order valence-corrected chi connectivity index (χ3v) is 2.54. The normalized spacial score (nSPS) is 18.9. The number of pyridine rings is 1. The van der Waals surface area contributed by atoms with E-state index in [2.05, 4.69) is 10.3 Å². The number of nitrogens with zero attached hydrogens (tertiary/aromatic N) is 1. The SMILES string of the molecule is O=CCc1cccc(NC2CC(F)(F)C2)n1. The Kier molecular flexibility index (Phi) is 2.85. The van der Waals surface area contributed by atoms with Gasteiger partial charge in [0.15, 0.2) is 0 Å². The van der Waals surface area contributed by atoms with Crippen LogP contribution in [0.3, 0.4) is 0 Å². The first-order chi connectivity index (χ1) is 7.59. The predicted octanol–water partition coefficient (Wildman–Crippen LogP) is 2.03. The van der Waals surface area contributed by atoms with E-state index in [1.54, 1.807) is 18.2 Å². The first kappa shape index (κ1) is 11.0. The van der Waals surface area contributed by atoms with Gasteiger partial charge < -0.3 is 10.1 Å². The van der Waals surface area contributed by atoms with Crippen molar-refractivity contribution < 1.29 is 13.6 Å². The first-order valence-corrected chi connectivity index (χ1v) is 5.13. The highest BCUT2D eigenvalue weighted by Gasteiger charge is 2.45. The van der Waals surface area contributed by atoms with Gasteiger partial charge >= 0.3 is 0 Å². The second kappa shape index (κ2) is 4.15. The number of alkyl halides is 2. The molecular weight excluding hydrogens is 214 g/mol. The molecule has 1 saturated carbocycles. The summed E-state index contributed by atoms with van der Waals surface area (Å²) < 4.78 is 25.2. The third kappa shape index (κ3) is 2.53. The van der Waals surface area contributed by atoms with Gasteiger partial charge in [-0.15, -0.1) is 0 Å². The van der Waals surface area contributed by atoms with Gasteiger partial charge in [0.1, 0.15) is 12.1 Å². The Labute approximate surface area is 91.9 Å². The molecule has 0 radical (unpaired) electrons. The highest BCUT2D eigenvalue weighted by Crippen LogP contribution is 2.38. The molecular formula is C11H12F2N2O. The molecule has 0 amide bonds. The lowest BCUT2D eigenvalue weighted by molar-refractivity contribution is -0.107. The van der Waals surface area contributed by atoms with Gasteiger partial charge in [-0.25, -0.2) is 13.8 Å². The summed E-state index contributed by atoms with van der Waals surface area (Å²) in [5.74, 6) is -1.97. The Morgan fingerprint density at radius 3 is 2.88 bits per heavy atom. The summed E-state index contributed by atoms with van der Waals surface area (Å²) in [4.78, 5) is 14.4. The molecule has 0 aliphatic heterocycles. The number of rotatable bonds is 4. The molecule has 16 heavy (non-hydrogen) atoms. The van der Waals surface area contributed by atoms with E-state index in [9.17, 15) is 13.6 Å². The van der Waals surface area contributed by atoms with Gasteiger partial charge in [-0.3, -0.25) is 0 Å². The van der Waals surface area contributed by atoms with Crippen LogP contribution in [0.25, 0.3) is 0 Å². The smallest absolute Gasteiger partial charge is 0.252 e. The maximum atomic E-state index is 12.6. The fraction of sp³-hybridized carbons (Fsp3) is 0.455. The standard InChI is InChI=1S/C11H12F2N2O/c12-11(13)6-9(7-11)15-10-3-1-2-8(14-10)4-5-16/h1-3,5,9H,4,6-7H2,(H,14,15). The maximum Gasteiger partial charge on any atom is 0.252 e. The molecule has 1 aromatic heterocycles. The van der Waals surface area contributed by atoms with Crippen molar-refractivity contribution in [3.63, 3.8) is 0 Å². The van der Waals surface area contributed by atoms with Crippen LogP contribution in [0.15, 0.2) is 18.2 Å². The van der Waals surface area contributed by atoms with Crippen LogP contribution in [0.1, 0.15) is 18.5 Å². The van der Waals surface area contributed by atoms with Crippen LogP contribution < -0.4 is 5.32 Å². The number of aldehydes is 1. The summed E-state index contributed by atoms with van der Waals surface area (Å²) in [6.45, 7) is 0. The minimum absolute atomic E-state index is 0.146. The highest BCUT2D eigenvalue weighted by molar-refractivity contribution is 5.54. The molecule has 2 rings (SSSR count). The summed E-state index contributed by atoms with van der Waals surface area (Å²) in [5.41, 5.74) is 0.645. The van der Waals surface area contributed by atoms with Gasteiger partial charge in [-0.1, -0.05) is 6.07 Å². The first-order valence-electron chi connectivity index (χ1n) is 5.13. The molecule has 0 spiro atoms. The Balaban J connectivity index is 1.94. The molecule has 3 nitrogen and oxygen atoms in total. The lowest BCUT2D eigenvalue weighted by Gasteiger charge is -2.35. The van der Waals surface area contributed by atoms with Gasteiger partial charge in [-0.2, -0.15) is 0 Å². The van der Waals surface area contributed by atoms with E-state index in [1.807, 2.05) is 0 Å². The number of nitrogens with one attached hydrogen (secondary N) is 1. The molecule has 1 aromatic rings. The Morgan fingerprint density at radius 1 is 1.50 bits per heavy atom. The average molecular weight is 226 g/mol. The summed E-state index contributed by atoms with van der Waals surface area (Å²) in [5, 5.41) is 2.93. The summed E-state index contributed by atoms with van der Waals surface area (Å²) in [6, 6.07) is 4.99. The molecule has 5 heteroatoms. The van der Waals surface area contributed by atoms with Crippen molar-refractivity contribution >= 4 is 12.1 Å². The number of hydrogen-bond donors (Lipinski definition) is 1. The lowest BCUT2D eigenvalue weighted by Crippen LogP contribution is -2.44. The molecule has 1 heterocycles. The largest absolute Gasteiger partial charge is 0.367 e. The number of aromatic nitrogens is 1. The van der Waals surface area contributed by atoms with Crippen LogP contribution in [0.4, 0.5) is 14.6 Å². The molecule has 0 aromatic carbocycles. The number of hydrogen-bond acceptors (Lipinski definition) is 3. The van der Waals surface area contributed by atoms with Crippen LogP contribution in [0.2, 0.25) is 0 Å². The van der Waals surface area contributed by atoms with E-state index in [4.69, 9.17) is 0 Å². The summed E-state index contributed by atoms with van der Waals surface area (Å²) >= 11 is 0.